The number of ether oxygens (including phenoxy) is 1. The fourth-order valence-corrected chi connectivity index (χ4v) is 7.01. The molecule has 0 aromatic carbocycles. The average Bonchev–Trinajstić information content (AvgIpc) is 3.15. The van der Waals surface area contributed by atoms with Gasteiger partial charge in [0.1, 0.15) is 6.10 Å². The number of allylic oxidation sites excluding steroid dienone is 4. The first kappa shape index (κ1) is 51.3. The second kappa shape index (κ2) is 41.5. The van der Waals surface area contributed by atoms with E-state index in [1.165, 1.54) is 135 Å². The maximum absolute atomic E-state index is 13.1. The van der Waals surface area contributed by atoms with Crippen LogP contribution in [0.25, 0.3) is 0 Å². The number of aliphatic hydroxyl groups excluding tert-OH is 2. The van der Waals surface area contributed by atoms with Crippen LogP contribution in [0.1, 0.15) is 239 Å². The third-order valence-electron chi connectivity index (χ3n) is 10.5. The minimum absolute atomic E-state index is 0.0593. The molecule has 0 aliphatic rings. The van der Waals surface area contributed by atoms with Gasteiger partial charge in [0, 0.05) is 6.42 Å². The quantitative estimate of drug-likeness (QED) is 0.0329. The van der Waals surface area contributed by atoms with E-state index in [1.807, 2.05) is 6.08 Å². The summed E-state index contributed by atoms with van der Waals surface area (Å²) >= 11 is 0. The van der Waals surface area contributed by atoms with Crippen molar-refractivity contribution in [2.75, 3.05) is 6.61 Å². The van der Waals surface area contributed by atoms with Gasteiger partial charge in [-0.25, -0.2) is 0 Å². The molecule has 0 aromatic rings. The second-order valence-corrected chi connectivity index (χ2v) is 15.8. The molecular weight excluding hydrogens is 659 g/mol. The van der Waals surface area contributed by atoms with Crippen molar-refractivity contribution >= 4 is 11.9 Å². The summed E-state index contributed by atoms with van der Waals surface area (Å²) in [7, 11) is 0. The van der Waals surface area contributed by atoms with Crippen LogP contribution < -0.4 is 5.32 Å². The van der Waals surface area contributed by atoms with Crippen LogP contribution in [0.2, 0.25) is 0 Å². The fraction of sp³-hybridized carbons (Fsp3) is 0.872. The van der Waals surface area contributed by atoms with Gasteiger partial charge in [0.15, 0.2) is 0 Å². The number of amides is 1. The molecule has 0 heterocycles. The van der Waals surface area contributed by atoms with Crippen molar-refractivity contribution in [2.24, 2.45) is 0 Å². The minimum Gasteiger partial charge on any atom is -0.462 e. The molecule has 0 aliphatic carbocycles. The Morgan fingerprint density at radius 2 is 0.962 bits per heavy atom. The topological polar surface area (TPSA) is 95.9 Å². The first-order valence-electron chi connectivity index (χ1n) is 23.1. The number of carbonyl (C=O) groups is 2. The van der Waals surface area contributed by atoms with E-state index < -0.39 is 18.2 Å². The van der Waals surface area contributed by atoms with Crippen LogP contribution in [-0.2, 0) is 14.3 Å². The van der Waals surface area contributed by atoms with Crippen molar-refractivity contribution in [1.29, 1.82) is 0 Å². The van der Waals surface area contributed by atoms with Crippen LogP contribution >= 0.6 is 0 Å². The number of esters is 1. The number of aliphatic hydroxyl groups is 2. The van der Waals surface area contributed by atoms with E-state index in [0.717, 1.165) is 51.4 Å². The predicted octanol–water partition coefficient (Wildman–Crippen LogP) is 13.2. The molecule has 312 valence electrons. The van der Waals surface area contributed by atoms with Gasteiger partial charge in [-0.1, -0.05) is 206 Å². The molecule has 0 saturated carbocycles. The highest BCUT2D eigenvalue weighted by atomic mass is 16.5. The van der Waals surface area contributed by atoms with Gasteiger partial charge in [-0.15, -0.1) is 0 Å². The van der Waals surface area contributed by atoms with Crippen molar-refractivity contribution in [2.45, 2.75) is 257 Å². The Bertz CT molecular complexity index is 843. The second-order valence-electron chi connectivity index (χ2n) is 15.8. The first-order chi connectivity index (χ1) is 26.0. The maximum atomic E-state index is 13.1. The Labute approximate surface area is 329 Å². The number of rotatable bonds is 41. The summed E-state index contributed by atoms with van der Waals surface area (Å²) in [4.78, 5) is 25.9. The van der Waals surface area contributed by atoms with Gasteiger partial charge in [-0.05, 0) is 44.9 Å². The highest BCUT2D eigenvalue weighted by Gasteiger charge is 2.24. The molecule has 3 N–H and O–H groups in total. The van der Waals surface area contributed by atoms with Crippen molar-refractivity contribution in [1.82, 2.24) is 5.32 Å². The monoisotopic (exact) mass is 748 g/mol. The van der Waals surface area contributed by atoms with Crippen LogP contribution in [0, 0.1) is 0 Å². The molecule has 0 rings (SSSR count). The molecule has 3 atom stereocenters. The van der Waals surface area contributed by atoms with Crippen molar-refractivity contribution in [3.63, 3.8) is 0 Å². The van der Waals surface area contributed by atoms with Gasteiger partial charge in [0.25, 0.3) is 0 Å². The van der Waals surface area contributed by atoms with E-state index in [0.29, 0.717) is 25.7 Å². The zero-order valence-corrected chi connectivity index (χ0v) is 35.4. The number of unbranched alkanes of at least 4 members (excludes halogenated alkanes) is 25. The van der Waals surface area contributed by atoms with E-state index in [2.05, 4.69) is 44.3 Å². The van der Waals surface area contributed by atoms with Gasteiger partial charge in [-0.2, -0.15) is 0 Å². The Morgan fingerprint density at radius 3 is 1.43 bits per heavy atom. The highest BCUT2D eigenvalue weighted by molar-refractivity contribution is 5.77. The third-order valence-corrected chi connectivity index (χ3v) is 10.5. The fourth-order valence-electron chi connectivity index (χ4n) is 7.01. The Hall–Kier alpha value is -1.66. The lowest BCUT2D eigenvalue weighted by Crippen LogP contribution is -2.46. The van der Waals surface area contributed by atoms with E-state index in [1.54, 1.807) is 0 Å². The number of nitrogens with one attached hydrogen (secondary N) is 1. The summed E-state index contributed by atoms with van der Waals surface area (Å²) in [5.41, 5.74) is 0. The smallest absolute Gasteiger partial charge is 0.306 e. The summed E-state index contributed by atoms with van der Waals surface area (Å²) < 4.78 is 5.85. The van der Waals surface area contributed by atoms with E-state index in [9.17, 15) is 19.8 Å². The molecular formula is C47H89NO5. The molecule has 0 radical (unpaired) electrons. The van der Waals surface area contributed by atoms with Crippen LogP contribution in [0.4, 0.5) is 0 Å². The molecule has 6 nitrogen and oxygen atoms in total. The molecule has 1 amide bonds. The average molecular weight is 748 g/mol. The van der Waals surface area contributed by atoms with Gasteiger partial charge in [0.05, 0.1) is 25.2 Å². The van der Waals surface area contributed by atoms with E-state index in [4.69, 9.17) is 4.74 Å². The minimum atomic E-state index is -0.789. The number of hydrogen-bond donors (Lipinski definition) is 3. The van der Waals surface area contributed by atoms with Crippen molar-refractivity contribution in [3.8, 4) is 0 Å². The van der Waals surface area contributed by atoms with Crippen LogP contribution in [0.3, 0.4) is 0 Å². The lowest BCUT2D eigenvalue weighted by atomic mass is 10.0. The van der Waals surface area contributed by atoms with Crippen LogP contribution in [0.15, 0.2) is 24.3 Å². The van der Waals surface area contributed by atoms with Gasteiger partial charge < -0.3 is 20.3 Å². The van der Waals surface area contributed by atoms with Crippen molar-refractivity contribution < 1.29 is 24.5 Å². The summed E-state index contributed by atoms with van der Waals surface area (Å²) in [6.45, 7) is 6.44. The zero-order chi connectivity index (χ0) is 38.9. The third kappa shape index (κ3) is 37.1. The zero-order valence-electron chi connectivity index (χ0n) is 35.4. The number of carbonyl (C=O) groups excluding carboxylic acids is 2. The SMILES string of the molecule is CCCCCCCC/C=C\C/C=C/CCC(=O)OC(CCCCCCCCCCC)CC(=O)NC(CO)C(O)CCCCCCCCCCCCCC. The summed E-state index contributed by atoms with van der Waals surface area (Å²) in [6, 6.07) is -0.704. The molecule has 0 aromatic heterocycles. The summed E-state index contributed by atoms with van der Waals surface area (Å²) in [5, 5.41) is 23.6. The summed E-state index contributed by atoms with van der Waals surface area (Å²) in [6.07, 6.45) is 45.3. The predicted molar refractivity (Wildman–Crippen MR) is 227 cm³/mol. The largest absolute Gasteiger partial charge is 0.462 e. The van der Waals surface area contributed by atoms with Crippen LogP contribution in [-0.4, -0.2) is 46.9 Å². The lowest BCUT2D eigenvalue weighted by molar-refractivity contribution is -0.150. The molecule has 0 bridgehead atoms. The van der Waals surface area contributed by atoms with E-state index in [-0.39, 0.29) is 24.9 Å². The molecule has 6 heteroatoms. The Morgan fingerprint density at radius 1 is 0.547 bits per heavy atom. The Balaban J connectivity index is 4.58. The molecule has 53 heavy (non-hydrogen) atoms. The van der Waals surface area contributed by atoms with Gasteiger partial charge >= 0.3 is 5.97 Å². The molecule has 3 unspecified atom stereocenters. The number of hydrogen-bond acceptors (Lipinski definition) is 5. The maximum Gasteiger partial charge on any atom is 0.306 e. The van der Waals surface area contributed by atoms with Crippen LogP contribution in [0.5, 0.6) is 0 Å². The molecule has 0 saturated heterocycles. The van der Waals surface area contributed by atoms with Gasteiger partial charge in [-0.3, -0.25) is 9.59 Å². The van der Waals surface area contributed by atoms with Gasteiger partial charge in [0.2, 0.25) is 5.91 Å². The van der Waals surface area contributed by atoms with Crippen molar-refractivity contribution in [3.05, 3.63) is 24.3 Å². The molecule has 0 fully saturated rings. The summed E-state index contributed by atoms with van der Waals surface area (Å²) in [5.74, 6) is -0.549. The first-order valence-corrected chi connectivity index (χ1v) is 23.1. The molecule has 0 spiro atoms. The Kier molecular flexibility index (Phi) is 40.2. The van der Waals surface area contributed by atoms with E-state index >= 15 is 0 Å². The standard InChI is InChI=1S/C47H89NO5/c1-4-7-10-13-16-19-21-23-25-28-31-34-37-40-47(52)53-43(38-35-32-29-26-18-15-12-9-6-3)41-46(51)48-44(42-49)45(50)39-36-33-30-27-24-22-20-17-14-11-8-5-2/h23,25,31,34,43-45,49-50H,4-22,24,26-30,32-33,35-42H2,1-3H3,(H,48,51)/b25-23-,34-31+. The normalized spacial score (nSPS) is 13.5. The molecule has 0 aliphatic heterocycles. The highest BCUT2D eigenvalue weighted by Crippen LogP contribution is 2.17. The lowest BCUT2D eigenvalue weighted by Gasteiger charge is -2.24.